The maximum absolute atomic E-state index is 11.3. The van der Waals surface area contributed by atoms with E-state index in [-0.39, 0.29) is 12.3 Å². The topological polar surface area (TPSA) is 102 Å². The van der Waals surface area contributed by atoms with Gasteiger partial charge in [0.25, 0.3) is 0 Å². The summed E-state index contributed by atoms with van der Waals surface area (Å²) in [5.74, 6) is 1.41. The predicted molar refractivity (Wildman–Crippen MR) is 119 cm³/mol. The van der Waals surface area contributed by atoms with E-state index in [0.29, 0.717) is 19.2 Å². The molecule has 1 fully saturated rings. The Hall–Kier alpha value is -3.13. The highest BCUT2D eigenvalue weighted by atomic mass is 16.5. The van der Waals surface area contributed by atoms with Gasteiger partial charge in [0.05, 0.1) is 13.2 Å². The van der Waals surface area contributed by atoms with Crippen molar-refractivity contribution in [2.45, 2.75) is 44.8 Å². The summed E-state index contributed by atoms with van der Waals surface area (Å²) < 4.78 is 11.1. The number of carbonyl (C=O) groups is 2. The number of imide groups is 1. The molecule has 1 aliphatic rings. The number of rotatable bonds is 8. The molecule has 3 N–H and O–H groups in total. The second kappa shape index (κ2) is 14.0. The fourth-order valence-corrected chi connectivity index (χ4v) is 3.06. The lowest BCUT2D eigenvalue weighted by molar-refractivity contribution is -0.119. The first-order valence-corrected chi connectivity index (χ1v) is 10.5. The van der Waals surface area contributed by atoms with E-state index in [9.17, 15) is 9.59 Å². The van der Waals surface area contributed by atoms with Gasteiger partial charge < -0.3 is 20.1 Å². The van der Waals surface area contributed by atoms with Crippen LogP contribution < -0.4 is 25.4 Å². The SMILES string of the molecule is CNCCC(=O)NC(=O)NCc1cccnc1.COc1ccccc1OC1CCCC1. The van der Waals surface area contributed by atoms with Crippen LogP contribution >= 0.6 is 0 Å². The van der Waals surface area contributed by atoms with Crippen LogP contribution in [0.4, 0.5) is 4.79 Å². The summed E-state index contributed by atoms with van der Waals surface area (Å²) in [6.45, 7) is 0.890. The zero-order valence-corrected chi connectivity index (χ0v) is 18.2. The van der Waals surface area contributed by atoms with Gasteiger partial charge in [0.2, 0.25) is 5.91 Å². The van der Waals surface area contributed by atoms with Crippen LogP contribution in [-0.4, -0.2) is 43.7 Å². The van der Waals surface area contributed by atoms with Crippen LogP contribution in [0.2, 0.25) is 0 Å². The molecule has 0 bridgehead atoms. The molecular formula is C23H32N4O4. The molecule has 0 unspecified atom stereocenters. The van der Waals surface area contributed by atoms with Crippen molar-refractivity contribution in [1.82, 2.24) is 20.9 Å². The number of amides is 3. The Labute approximate surface area is 183 Å². The Kier molecular flexibility index (Phi) is 10.9. The molecule has 1 aromatic heterocycles. The van der Waals surface area contributed by atoms with Crippen LogP contribution in [-0.2, 0) is 11.3 Å². The van der Waals surface area contributed by atoms with Crippen LogP contribution in [0, 0.1) is 0 Å². The molecule has 0 spiro atoms. The molecule has 1 aliphatic carbocycles. The number of carbonyl (C=O) groups excluding carboxylic acids is 2. The molecule has 8 nitrogen and oxygen atoms in total. The molecule has 2 aromatic rings. The van der Waals surface area contributed by atoms with Crippen LogP contribution in [0.15, 0.2) is 48.8 Å². The Morgan fingerprint density at radius 2 is 1.84 bits per heavy atom. The number of para-hydroxylation sites is 2. The maximum Gasteiger partial charge on any atom is 0.321 e. The number of nitrogens with zero attached hydrogens (tertiary/aromatic N) is 1. The number of hydrogen-bond donors (Lipinski definition) is 3. The summed E-state index contributed by atoms with van der Waals surface area (Å²) in [5, 5.41) is 7.64. The minimum atomic E-state index is -0.491. The molecule has 0 atom stereocenters. The van der Waals surface area contributed by atoms with E-state index in [1.54, 1.807) is 32.6 Å². The van der Waals surface area contributed by atoms with Crippen molar-refractivity contribution in [3.05, 3.63) is 54.4 Å². The number of pyridine rings is 1. The molecule has 168 valence electrons. The van der Waals surface area contributed by atoms with Gasteiger partial charge in [-0.15, -0.1) is 0 Å². The second-order valence-corrected chi connectivity index (χ2v) is 7.12. The zero-order valence-electron chi connectivity index (χ0n) is 18.2. The summed E-state index contributed by atoms with van der Waals surface area (Å²) in [7, 11) is 3.42. The number of urea groups is 1. The second-order valence-electron chi connectivity index (χ2n) is 7.12. The number of ether oxygens (including phenoxy) is 2. The van der Waals surface area contributed by atoms with Gasteiger partial charge in [-0.2, -0.15) is 0 Å². The van der Waals surface area contributed by atoms with Crippen molar-refractivity contribution in [2.24, 2.45) is 0 Å². The quantitative estimate of drug-likeness (QED) is 0.597. The zero-order chi connectivity index (χ0) is 22.3. The molecule has 31 heavy (non-hydrogen) atoms. The first-order valence-electron chi connectivity index (χ1n) is 10.5. The lowest BCUT2D eigenvalue weighted by Crippen LogP contribution is -2.39. The Balaban J connectivity index is 0.000000224. The number of methoxy groups -OCH3 is 1. The van der Waals surface area contributed by atoms with E-state index in [0.717, 1.165) is 17.1 Å². The van der Waals surface area contributed by atoms with E-state index in [2.05, 4.69) is 20.9 Å². The van der Waals surface area contributed by atoms with E-state index in [1.165, 1.54) is 25.7 Å². The Morgan fingerprint density at radius 1 is 1.10 bits per heavy atom. The third kappa shape index (κ3) is 9.48. The van der Waals surface area contributed by atoms with Gasteiger partial charge in [-0.3, -0.25) is 15.1 Å². The smallest absolute Gasteiger partial charge is 0.321 e. The lowest BCUT2D eigenvalue weighted by Gasteiger charge is -2.15. The molecule has 0 saturated heterocycles. The minimum absolute atomic E-state index is 0.275. The van der Waals surface area contributed by atoms with Crippen LogP contribution in [0.1, 0.15) is 37.7 Å². The van der Waals surface area contributed by atoms with Gasteiger partial charge in [-0.25, -0.2) is 4.79 Å². The summed E-state index contributed by atoms with van der Waals surface area (Å²) in [5.41, 5.74) is 0.880. The molecule has 1 saturated carbocycles. The number of benzene rings is 1. The minimum Gasteiger partial charge on any atom is -0.493 e. The van der Waals surface area contributed by atoms with Gasteiger partial charge >= 0.3 is 6.03 Å². The van der Waals surface area contributed by atoms with Crippen molar-refractivity contribution in [1.29, 1.82) is 0 Å². The van der Waals surface area contributed by atoms with Crippen LogP contribution in [0.25, 0.3) is 0 Å². The van der Waals surface area contributed by atoms with Crippen molar-refractivity contribution >= 4 is 11.9 Å². The highest BCUT2D eigenvalue weighted by molar-refractivity contribution is 5.94. The largest absolute Gasteiger partial charge is 0.493 e. The van der Waals surface area contributed by atoms with Gasteiger partial charge in [-0.05, 0) is 56.5 Å². The summed E-state index contributed by atoms with van der Waals surface area (Å²) in [6, 6.07) is 11.0. The molecule has 1 aromatic carbocycles. The van der Waals surface area contributed by atoms with Crippen molar-refractivity contribution in [3.63, 3.8) is 0 Å². The van der Waals surface area contributed by atoms with E-state index in [1.807, 2.05) is 30.3 Å². The lowest BCUT2D eigenvalue weighted by atomic mass is 10.3. The Bertz CT molecular complexity index is 795. The summed E-state index contributed by atoms with van der Waals surface area (Å²) in [4.78, 5) is 26.4. The van der Waals surface area contributed by atoms with Gasteiger partial charge in [0, 0.05) is 31.9 Å². The van der Waals surface area contributed by atoms with Crippen molar-refractivity contribution in [3.8, 4) is 11.5 Å². The van der Waals surface area contributed by atoms with Gasteiger partial charge in [-0.1, -0.05) is 18.2 Å². The van der Waals surface area contributed by atoms with Crippen molar-refractivity contribution in [2.75, 3.05) is 20.7 Å². The molecule has 8 heteroatoms. The summed E-state index contributed by atoms with van der Waals surface area (Å²) >= 11 is 0. The fraction of sp³-hybridized carbons (Fsp3) is 0.435. The average molecular weight is 429 g/mol. The molecule has 3 amide bonds. The fourth-order valence-electron chi connectivity index (χ4n) is 3.06. The highest BCUT2D eigenvalue weighted by Crippen LogP contribution is 2.30. The van der Waals surface area contributed by atoms with E-state index >= 15 is 0 Å². The number of aromatic nitrogens is 1. The highest BCUT2D eigenvalue weighted by Gasteiger charge is 2.17. The van der Waals surface area contributed by atoms with E-state index < -0.39 is 6.03 Å². The normalized spacial score (nSPS) is 13.0. The first-order chi connectivity index (χ1) is 15.1. The van der Waals surface area contributed by atoms with E-state index in [4.69, 9.17) is 9.47 Å². The number of nitrogens with one attached hydrogen (secondary N) is 3. The monoisotopic (exact) mass is 428 g/mol. The molecule has 1 heterocycles. The van der Waals surface area contributed by atoms with Crippen molar-refractivity contribution < 1.29 is 19.1 Å². The third-order valence-electron chi connectivity index (χ3n) is 4.70. The average Bonchev–Trinajstić information content (AvgIpc) is 3.31. The van der Waals surface area contributed by atoms with Gasteiger partial charge in [0.15, 0.2) is 11.5 Å². The first kappa shape index (κ1) is 24.1. The third-order valence-corrected chi connectivity index (χ3v) is 4.70. The standard InChI is InChI=1S/C12H16O2.C11H16N4O2/c1-13-11-8-4-5-9-12(11)14-10-6-2-3-7-10;1-12-6-4-10(16)15-11(17)14-8-9-3-2-5-13-7-9/h4-5,8-10H,2-3,6-7H2,1H3;2-3,5,7,12H,4,6,8H2,1H3,(H2,14,15,16,17). The van der Waals surface area contributed by atoms with Crippen LogP contribution in [0.3, 0.4) is 0 Å². The predicted octanol–water partition coefficient (Wildman–Crippen LogP) is 3.03. The molecule has 0 radical (unpaired) electrons. The molecule has 3 rings (SSSR count). The van der Waals surface area contributed by atoms with Gasteiger partial charge in [0.1, 0.15) is 0 Å². The van der Waals surface area contributed by atoms with Crippen LogP contribution in [0.5, 0.6) is 11.5 Å². The summed E-state index contributed by atoms with van der Waals surface area (Å²) in [6.07, 6.45) is 8.92. The maximum atomic E-state index is 11.3. The number of hydrogen-bond acceptors (Lipinski definition) is 6. The molecular weight excluding hydrogens is 396 g/mol. The molecule has 0 aliphatic heterocycles. The Morgan fingerprint density at radius 3 is 2.48 bits per heavy atom.